The maximum atomic E-state index is 11.3. The second-order valence-electron chi connectivity index (χ2n) is 4.88. The predicted molar refractivity (Wildman–Crippen MR) is 90.4 cm³/mol. The topological polar surface area (TPSA) is 122 Å². The molecule has 0 bridgehead atoms. The summed E-state index contributed by atoms with van der Waals surface area (Å²) in [5.41, 5.74) is 6.77. The van der Waals surface area contributed by atoms with Crippen molar-refractivity contribution < 1.29 is 14.7 Å². The lowest BCUT2D eigenvalue weighted by molar-refractivity contribution is -0.137. The van der Waals surface area contributed by atoms with Gasteiger partial charge in [0.2, 0.25) is 0 Å². The molecule has 1 aromatic heterocycles. The molecule has 7 nitrogen and oxygen atoms in total. The van der Waals surface area contributed by atoms with Crippen molar-refractivity contribution in [3.05, 3.63) is 46.1 Å². The Kier molecular flexibility index (Phi) is 5.50. The van der Waals surface area contributed by atoms with Crippen LogP contribution in [0.15, 0.2) is 40.5 Å². The molecule has 0 saturated heterocycles. The largest absolute Gasteiger partial charge is 0.481 e. The van der Waals surface area contributed by atoms with Crippen LogP contribution in [0.2, 0.25) is 0 Å². The molecule has 0 atom stereocenters. The molecule has 0 aliphatic heterocycles. The Balaban J connectivity index is 2.50. The van der Waals surface area contributed by atoms with Crippen LogP contribution in [0, 0.1) is 11.3 Å². The van der Waals surface area contributed by atoms with Crippen molar-refractivity contribution in [1.82, 2.24) is 9.78 Å². The van der Waals surface area contributed by atoms with Gasteiger partial charge in [-0.3, -0.25) is 14.3 Å². The minimum atomic E-state index is -0.942. The summed E-state index contributed by atoms with van der Waals surface area (Å²) in [5, 5.41) is 22.2. The number of carboxylic acids is 1. The first-order valence-corrected chi connectivity index (χ1v) is 7.67. The fourth-order valence-electron chi connectivity index (χ4n) is 2.01. The monoisotopic (exact) mass is 388 g/mol. The van der Waals surface area contributed by atoms with Gasteiger partial charge in [0, 0.05) is 21.8 Å². The van der Waals surface area contributed by atoms with Crippen LogP contribution in [-0.2, 0) is 16.1 Å². The van der Waals surface area contributed by atoms with Crippen molar-refractivity contribution in [2.75, 3.05) is 0 Å². The number of nitrogens with zero attached hydrogens (tertiary/aromatic N) is 3. The molecule has 0 fully saturated rings. The third-order valence-electron chi connectivity index (χ3n) is 3.15. The van der Waals surface area contributed by atoms with Gasteiger partial charge in [0.1, 0.15) is 11.6 Å². The first kappa shape index (κ1) is 17.4. The first-order chi connectivity index (χ1) is 11.4. The summed E-state index contributed by atoms with van der Waals surface area (Å²) < 4.78 is 2.36. The number of amides is 1. The van der Waals surface area contributed by atoms with Crippen LogP contribution in [0.1, 0.15) is 12.0 Å². The number of primary amides is 1. The predicted octanol–water partition coefficient (Wildman–Crippen LogP) is 2.18. The molecule has 0 saturated carbocycles. The van der Waals surface area contributed by atoms with Crippen molar-refractivity contribution in [2.45, 2.75) is 13.0 Å². The van der Waals surface area contributed by atoms with Crippen molar-refractivity contribution in [3.63, 3.8) is 0 Å². The number of nitriles is 1. The van der Waals surface area contributed by atoms with Crippen LogP contribution in [0.5, 0.6) is 0 Å². The summed E-state index contributed by atoms with van der Waals surface area (Å²) in [4.78, 5) is 22.0. The second kappa shape index (κ2) is 7.57. The maximum Gasteiger partial charge on any atom is 0.305 e. The fourth-order valence-corrected chi connectivity index (χ4v) is 2.28. The van der Waals surface area contributed by atoms with Crippen LogP contribution >= 0.6 is 15.9 Å². The van der Waals surface area contributed by atoms with E-state index in [1.165, 1.54) is 10.8 Å². The average Bonchev–Trinajstić information content (AvgIpc) is 2.94. The lowest BCUT2D eigenvalue weighted by Gasteiger charge is -2.00. The van der Waals surface area contributed by atoms with E-state index >= 15 is 0 Å². The molecular formula is C16H13BrN4O3. The van der Waals surface area contributed by atoms with Gasteiger partial charge in [-0.2, -0.15) is 10.4 Å². The van der Waals surface area contributed by atoms with Crippen LogP contribution in [0.25, 0.3) is 17.3 Å². The van der Waals surface area contributed by atoms with E-state index < -0.39 is 11.9 Å². The summed E-state index contributed by atoms with van der Waals surface area (Å²) in [5.74, 6) is -1.78. The van der Waals surface area contributed by atoms with Crippen molar-refractivity contribution in [1.29, 1.82) is 5.26 Å². The summed E-state index contributed by atoms with van der Waals surface area (Å²) >= 11 is 3.35. The molecule has 1 amide bonds. The maximum absolute atomic E-state index is 11.3. The molecular weight excluding hydrogens is 376 g/mol. The van der Waals surface area contributed by atoms with Gasteiger partial charge in [-0.05, 0) is 18.2 Å². The lowest BCUT2D eigenvalue weighted by Crippen LogP contribution is -2.12. The zero-order chi connectivity index (χ0) is 17.7. The van der Waals surface area contributed by atoms with Crippen molar-refractivity contribution >= 4 is 33.9 Å². The number of hydrogen-bond donors (Lipinski definition) is 2. The van der Waals surface area contributed by atoms with Crippen LogP contribution in [-0.4, -0.2) is 26.8 Å². The highest BCUT2D eigenvalue weighted by Crippen LogP contribution is 2.26. The Morgan fingerprint density at radius 1 is 1.38 bits per heavy atom. The number of carboxylic acid groups (broad SMARTS) is 1. The van der Waals surface area contributed by atoms with E-state index in [0.717, 1.165) is 10.0 Å². The molecule has 122 valence electrons. The van der Waals surface area contributed by atoms with Gasteiger partial charge >= 0.3 is 5.97 Å². The van der Waals surface area contributed by atoms with Crippen molar-refractivity contribution in [3.8, 4) is 17.3 Å². The highest BCUT2D eigenvalue weighted by atomic mass is 79.9. The summed E-state index contributed by atoms with van der Waals surface area (Å²) in [7, 11) is 0. The Morgan fingerprint density at radius 3 is 2.58 bits per heavy atom. The summed E-state index contributed by atoms with van der Waals surface area (Å²) in [6.45, 7) is 0.172. The van der Waals surface area contributed by atoms with Gasteiger partial charge < -0.3 is 10.8 Å². The number of benzene rings is 1. The zero-order valence-electron chi connectivity index (χ0n) is 12.4. The number of aryl methyl sites for hydroxylation is 1. The van der Waals surface area contributed by atoms with E-state index in [1.54, 1.807) is 12.3 Å². The lowest BCUT2D eigenvalue weighted by atomic mass is 10.1. The Morgan fingerprint density at radius 2 is 2.04 bits per heavy atom. The normalized spacial score (nSPS) is 11.1. The van der Waals surface area contributed by atoms with E-state index in [-0.39, 0.29) is 18.5 Å². The number of aromatic nitrogens is 2. The van der Waals surface area contributed by atoms with E-state index in [0.29, 0.717) is 11.3 Å². The molecule has 3 N–H and O–H groups in total. The van der Waals surface area contributed by atoms with E-state index in [4.69, 9.17) is 16.1 Å². The Bertz CT molecular complexity index is 847. The minimum absolute atomic E-state index is 0.0917. The summed E-state index contributed by atoms with van der Waals surface area (Å²) in [6, 6.07) is 9.05. The van der Waals surface area contributed by atoms with Gasteiger partial charge in [-0.25, -0.2) is 0 Å². The molecule has 2 rings (SSSR count). The number of rotatable bonds is 6. The number of halogens is 1. The molecule has 0 aliphatic rings. The van der Waals surface area contributed by atoms with Crippen LogP contribution in [0.4, 0.5) is 0 Å². The molecule has 0 aliphatic carbocycles. The van der Waals surface area contributed by atoms with Gasteiger partial charge in [-0.1, -0.05) is 28.1 Å². The SMILES string of the molecule is N#CC(=Cc1cn(CCC(=O)O)nc1-c1ccc(Br)cc1)C(N)=O. The van der Waals surface area contributed by atoms with Crippen molar-refractivity contribution in [2.24, 2.45) is 5.73 Å². The molecule has 1 aromatic carbocycles. The highest BCUT2D eigenvalue weighted by Gasteiger charge is 2.13. The van der Waals surface area contributed by atoms with E-state index in [1.807, 2.05) is 24.3 Å². The number of aliphatic carboxylic acids is 1. The third kappa shape index (κ3) is 4.30. The molecule has 2 aromatic rings. The molecule has 8 heteroatoms. The second-order valence-corrected chi connectivity index (χ2v) is 5.80. The molecule has 1 heterocycles. The van der Waals surface area contributed by atoms with Gasteiger partial charge in [0.25, 0.3) is 5.91 Å². The fraction of sp³-hybridized carbons (Fsp3) is 0.125. The summed E-state index contributed by atoms with van der Waals surface area (Å²) in [6.07, 6.45) is 2.84. The highest BCUT2D eigenvalue weighted by molar-refractivity contribution is 9.10. The van der Waals surface area contributed by atoms with Crippen LogP contribution < -0.4 is 5.73 Å². The quantitative estimate of drug-likeness (QED) is 0.579. The zero-order valence-corrected chi connectivity index (χ0v) is 14.0. The van der Waals surface area contributed by atoms with Gasteiger partial charge in [-0.15, -0.1) is 0 Å². The number of carbonyl (C=O) groups is 2. The molecule has 0 radical (unpaired) electrons. The van der Waals surface area contributed by atoms with E-state index in [9.17, 15) is 9.59 Å². The minimum Gasteiger partial charge on any atom is -0.481 e. The Hall–Kier alpha value is -2.92. The molecule has 24 heavy (non-hydrogen) atoms. The average molecular weight is 389 g/mol. The standard InChI is InChI=1S/C16H13BrN4O3/c17-13-3-1-10(2-4-13)15-12(7-11(8-18)16(19)24)9-21(20-15)6-5-14(22)23/h1-4,7,9H,5-6H2,(H2,19,24)(H,22,23). The molecule has 0 spiro atoms. The first-order valence-electron chi connectivity index (χ1n) is 6.87. The van der Waals surface area contributed by atoms with E-state index in [2.05, 4.69) is 21.0 Å². The van der Waals surface area contributed by atoms with Gasteiger partial charge in [0.05, 0.1) is 18.7 Å². The Labute approximate surface area is 146 Å². The number of hydrogen-bond acceptors (Lipinski definition) is 4. The van der Waals surface area contributed by atoms with Gasteiger partial charge in [0.15, 0.2) is 0 Å². The van der Waals surface area contributed by atoms with Crippen LogP contribution in [0.3, 0.4) is 0 Å². The number of carbonyl (C=O) groups excluding carboxylic acids is 1. The number of nitrogens with two attached hydrogens (primary N) is 1. The molecule has 0 unspecified atom stereocenters. The smallest absolute Gasteiger partial charge is 0.305 e. The third-order valence-corrected chi connectivity index (χ3v) is 3.68.